The molecule has 16 heteroatoms. The highest BCUT2D eigenvalue weighted by molar-refractivity contribution is 7.86. The van der Waals surface area contributed by atoms with Crippen molar-refractivity contribution in [3.63, 3.8) is 0 Å². The van der Waals surface area contributed by atoms with Crippen molar-refractivity contribution >= 4 is 47.6 Å². The first-order chi connectivity index (χ1) is 11.7. The molecule has 1 unspecified atom stereocenters. The van der Waals surface area contributed by atoms with Crippen LogP contribution in [0.25, 0.3) is 0 Å². The average molecular weight is 489 g/mol. The molecular weight excluding hydrogens is 460 g/mol. The van der Waals surface area contributed by atoms with Gasteiger partial charge in [-0.3, -0.25) is 11.9 Å². The molecule has 0 aliphatic rings. The zero-order chi connectivity index (χ0) is 21.7. The van der Waals surface area contributed by atoms with Gasteiger partial charge in [0.2, 0.25) is 16.6 Å². The molecule has 11 nitrogen and oxygen atoms in total. The molecular formula is C11H28O11S3Si2. The van der Waals surface area contributed by atoms with Gasteiger partial charge in [0.15, 0.2) is 0 Å². The van der Waals surface area contributed by atoms with E-state index in [-0.39, 0.29) is 6.42 Å². The minimum absolute atomic E-state index is 0.307. The molecule has 0 saturated carbocycles. The van der Waals surface area contributed by atoms with Crippen molar-refractivity contribution in [2.24, 2.45) is 0 Å². The van der Waals surface area contributed by atoms with Gasteiger partial charge in [-0.15, -0.1) is 0 Å². The third kappa shape index (κ3) is 16.7. The molecule has 0 aromatic heterocycles. The van der Waals surface area contributed by atoms with Crippen molar-refractivity contribution in [1.29, 1.82) is 0 Å². The normalized spacial score (nSPS) is 15.7. The summed E-state index contributed by atoms with van der Waals surface area (Å²) < 4.78 is 93.3. The molecule has 0 aliphatic carbocycles. The standard InChI is InChI=1S/C11H28O11S3Si2/c1-23(12,13)19-10-11(20-25(16,17)22-27(5,6)7)8-9-18-24(14,15)21-26(2,3)4/h11H,8-10H2,1-7H3. The van der Waals surface area contributed by atoms with Crippen LogP contribution in [0.4, 0.5) is 0 Å². The SMILES string of the molecule is C[Si](C)(C)OS(=O)(=O)OCCC(COS(C)(=O)=O)OS(=O)(=O)O[Si](C)(C)C. The molecule has 164 valence electrons. The smallest absolute Gasteiger partial charge is 0.294 e. The maximum atomic E-state index is 11.9. The van der Waals surface area contributed by atoms with Crippen LogP contribution in [0.1, 0.15) is 6.42 Å². The summed E-state index contributed by atoms with van der Waals surface area (Å²) in [4.78, 5) is 0. The van der Waals surface area contributed by atoms with E-state index in [2.05, 4.69) is 8.37 Å². The number of hydrogen-bond donors (Lipinski definition) is 0. The van der Waals surface area contributed by atoms with E-state index in [0.29, 0.717) is 0 Å². The Kier molecular flexibility index (Phi) is 9.75. The molecule has 0 aromatic rings. The Morgan fingerprint density at radius 1 is 0.741 bits per heavy atom. The lowest BCUT2D eigenvalue weighted by Gasteiger charge is -2.21. The van der Waals surface area contributed by atoms with Crippen molar-refractivity contribution in [2.45, 2.75) is 51.8 Å². The van der Waals surface area contributed by atoms with Gasteiger partial charge in [0.1, 0.15) is 6.10 Å². The zero-order valence-electron chi connectivity index (χ0n) is 16.4. The van der Waals surface area contributed by atoms with E-state index in [1.54, 1.807) is 39.3 Å². The molecule has 0 aromatic carbocycles. The van der Waals surface area contributed by atoms with Crippen LogP contribution in [0.2, 0.25) is 39.3 Å². The Hall–Kier alpha value is 0.0838. The summed E-state index contributed by atoms with van der Waals surface area (Å²) in [5, 5.41) is 0. The minimum atomic E-state index is -4.44. The van der Waals surface area contributed by atoms with E-state index in [1.807, 2.05) is 0 Å². The van der Waals surface area contributed by atoms with Crippen LogP contribution in [0, 0.1) is 0 Å². The maximum Gasteiger partial charge on any atom is 0.390 e. The van der Waals surface area contributed by atoms with Crippen molar-refractivity contribution in [3.05, 3.63) is 0 Å². The lowest BCUT2D eigenvalue weighted by Crippen LogP contribution is -2.35. The first-order valence-electron chi connectivity index (χ1n) is 7.78. The van der Waals surface area contributed by atoms with Crippen LogP contribution in [-0.4, -0.2) is 67.5 Å². The van der Waals surface area contributed by atoms with Gasteiger partial charge in [-0.25, -0.2) is 8.37 Å². The van der Waals surface area contributed by atoms with Crippen LogP contribution in [-0.2, 0) is 51.2 Å². The first-order valence-corrected chi connectivity index (χ1v) is 19.1. The minimum Gasteiger partial charge on any atom is -0.294 e. The van der Waals surface area contributed by atoms with E-state index in [1.165, 1.54) is 0 Å². The van der Waals surface area contributed by atoms with Crippen LogP contribution < -0.4 is 0 Å². The van der Waals surface area contributed by atoms with Crippen molar-refractivity contribution in [1.82, 2.24) is 0 Å². The lowest BCUT2D eigenvalue weighted by molar-refractivity contribution is 0.102. The predicted molar refractivity (Wildman–Crippen MR) is 103 cm³/mol. The van der Waals surface area contributed by atoms with Crippen LogP contribution >= 0.6 is 0 Å². The highest BCUT2D eigenvalue weighted by Gasteiger charge is 2.30. The molecule has 0 aliphatic heterocycles. The van der Waals surface area contributed by atoms with E-state index in [0.717, 1.165) is 6.26 Å². The Balaban J connectivity index is 5.02. The van der Waals surface area contributed by atoms with Gasteiger partial charge >= 0.3 is 20.8 Å². The molecule has 0 rings (SSSR count). The highest BCUT2D eigenvalue weighted by atomic mass is 32.3. The van der Waals surface area contributed by atoms with Crippen LogP contribution in [0.5, 0.6) is 0 Å². The van der Waals surface area contributed by atoms with E-state index >= 15 is 0 Å². The lowest BCUT2D eigenvalue weighted by atomic mass is 10.3. The maximum absolute atomic E-state index is 11.9. The van der Waals surface area contributed by atoms with Gasteiger partial charge in [0.25, 0.3) is 10.1 Å². The molecule has 27 heavy (non-hydrogen) atoms. The predicted octanol–water partition coefficient (Wildman–Crippen LogP) is 0.947. The van der Waals surface area contributed by atoms with E-state index in [9.17, 15) is 25.3 Å². The Bertz CT molecular complexity index is 776. The fraction of sp³-hybridized carbons (Fsp3) is 1.00. The fourth-order valence-electron chi connectivity index (χ4n) is 1.46. The Morgan fingerprint density at radius 3 is 1.59 bits per heavy atom. The summed E-state index contributed by atoms with van der Waals surface area (Å²) in [5.41, 5.74) is 0. The van der Waals surface area contributed by atoms with Crippen LogP contribution in [0.15, 0.2) is 0 Å². The zero-order valence-corrected chi connectivity index (χ0v) is 20.9. The molecule has 0 fully saturated rings. The summed E-state index contributed by atoms with van der Waals surface area (Å²) in [6.07, 6.45) is -0.874. The van der Waals surface area contributed by atoms with Gasteiger partial charge in [-0.2, -0.15) is 25.3 Å². The Morgan fingerprint density at radius 2 is 1.19 bits per heavy atom. The van der Waals surface area contributed by atoms with Gasteiger partial charge < -0.3 is 0 Å². The molecule has 0 heterocycles. The first kappa shape index (κ1) is 27.1. The summed E-state index contributed by atoms with van der Waals surface area (Å²) in [6.45, 7) is 8.58. The van der Waals surface area contributed by atoms with Crippen molar-refractivity contribution < 1.29 is 45.5 Å². The molecule has 0 N–H and O–H groups in total. The molecule has 1 atom stereocenters. The largest absolute Gasteiger partial charge is 0.390 e. The van der Waals surface area contributed by atoms with Crippen LogP contribution in [0.3, 0.4) is 0 Å². The summed E-state index contributed by atoms with van der Waals surface area (Å²) in [7, 11) is -17.5. The molecule has 0 bridgehead atoms. The molecule has 0 spiro atoms. The summed E-state index contributed by atoms with van der Waals surface area (Å²) in [5.74, 6) is 0. The number of hydrogen-bond acceptors (Lipinski definition) is 11. The topological polar surface area (TPSA) is 149 Å². The van der Waals surface area contributed by atoms with Gasteiger partial charge in [-0.05, 0) is 39.3 Å². The van der Waals surface area contributed by atoms with Gasteiger partial charge in [0, 0.05) is 6.42 Å². The fourth-order valence-corrected chi connectivity index (χ4v) is 7.90. The second-order valence-corrected chi connectivity index (χ2v) is 21.0. The second-order valence-electron chi connectivity index (χ2n) is 7.53. The third-order valence-corrected chi connectivity index (χ3v) is 9.25. The molecule has 0 amide bonds. The Labute approximate surface area is 164 Å². The summed E-state index contributed by atoms with van der Waals surface area (Å²) >= 11 is 0. The van der Waals surface area contributed by atoms with E-state index in [4.69, 9.17) is 11.9 Å². The van der Waals surface area contributed by atoms with Crippen molar-refractivity contribution in [2.75, 3.05) is 19.5 Å². The monoisotopic (exact) mass is 488 g/mol. The summed E-state index contributed by atoms with van der Waals surface area (Å²) in [6, 6.07) is 0. The molecule has 0 saturated heterocycles. The van der Waals surface area contributed by atoms with Crippen molar-refractivity contribution in [3.8, 4) is 0 Å². The highest BCUT2D eigenvalue weighted by Crippen LogP contribution is 2.15. The average Bonchev–Trinajstić information content (AvgIpc) is 2.27. The van der Waals surface area contributed by atoms with Gasteiger partial charge in [0.05, 0.1) is 19.5 Å². The number of rotatable bonds is 13. The second kappa shape index (κ2) is 9.72. The third-order valence-electron chi connectivity index (χ3n) is 2.09. The molecule has 0 radical (unpaired) electrons. The quantitative estimate of drug-likeness (QED) is 0.269. The van der Waals surface area contributed by atoms with Gasteiger partial charge in [-0.1, -0.05) is 0 Å². The van der Waals surface area contributed by atoms with E-state index < -0.39 is 66.9 Å².